The van der Waals surface area contributed by atoms with Crippen LogP contribution >= 0.6 is 34.2 Å². The molecular weight excluding hydrogens is 377 g/mol. The van der Waals surface area contributed by atoms with Crippen LogP contribution in [0.5, 0.6) is 0 Å². The standard InChI is InChI=1S/C13H15ClIN3O/c1-9(8-19-2)18-6-5-16-13(18)17-12-4-3-10(15)7-11(12)14/h3-7,9H,8H2,1-2H3,(H,16,17). The van der Waals surface area contributed by atoms with Gasteiger partial charge in [-0.3, -0.25) is 0 Å². The minimum Gasteiger partial charge on any atom is -0.383 e. The molecule has 1 aromatic carbocycles. The summed E-state index contributed by atoms with van der Waals surface area (Å²) < 4.78 is 8.30. The molecule has 0 amide bonds. The van der Waals surface area contributed by atoms with Gasteiger partial charge in [-0.1, -0.05) is 11.6 Å². The molecule has 0 aliphatic carbocycles. The Labute approximate surface area is 131 Å². The van der Waals surface area contributed by atoms with E-state index in [1.54, 1.807) is 13.3 Å². The number of hydrogen-bond donors (Lipinski definition) is 1. The number of rotatable bonds is 5. The van der Waals surface area contributed by atoms with E-state index in [1.165, 1.54) is 0 Å². The Kier molecular flexibility index (Phi) is 5.06. The van der Waals surface area contributed by atoms with Crippen LogP contribution in [-0.4, -0.2) is 23.3 Å². The van der Waals surface area contributed by atoms with Gasteiger partial charge in [-0.2, -0.15) is 0 Å². The third kappa shape index (κ3) is 3.61. The number of methoxy groups -OCH3 is 1. The Morgan fingerprint density at radius 1 is 1.53 bits per heavy atom. The highest BCUT2D eigenvalue weighted by Crippen LogP contribution is 2.27. The highest BCUT2D eigenvalue weighted by atomic mass is 127. The number of halogens is 2. The van der Waals surface area contributed by atoms with Crippen molar-refractivity contribution in [3.63, 3.8) is 0 Å². The minimum absolute atomic E-state index is 0.206. The van der Waals surface area contributed by atoms with Gasteiger partial charge in [0.15, 0.2) is 0 Å². The first-order valence-electron chi connectivity index (χ1n) is 5.85. The second-order valence-corrected chi connectivity index (χ2v) is 5.86. The number of imidazole rings is 1. The Morgan fingerprint density at radius 2 is 2.32 bits per heavy atom. The zero-order valence-corrected chi connectivity index (χ0v) is 13.6. The zero-order chi connectivity index (χ0) is 13.8. The second-order valence-electron chi connectivity index (χ2n) is 4.21. The largest absolute Gasteiger partial charge is 0.383 e. The lowest BCUT2D eigenvalue weighted by molar-refractivity contribution is 0.163. The number of benzene rings is 1. The topological polar surface area (TPSA) is 39.1 Å². The molecule has 0 aliphatic heterocycles. The maximum Gasteiger partial charge on any atom is 0.207 e. The molecule has 2 rings (SSSR count). The van der Waals surface area contributed by atoms with Crippen molar-refractivity contribution < 1.29 is 4.74 Å². The van der Waals surface area contributed by atoms with Crippen molar-refractivity contribution in [3.8, 4) is 0 Å². The lowest BCUT2D eigenvalue weighted by atomic mass is 10.3. The van der Waals surface area contributed by atoms with Crippen LogP contribution in [0.25, 0.3) is 0 Å². The van der Waals surface area contributed by atoms with E-state index in [0.717, 1.165) is 15.2 Å². The summed E-state index contributed by atoms with van der Waals surface area (Å²) in [7, 11) is 1.69. The van der Waals surface area contributed by atoms with Gasteiger partial charge < -0.3 is 14.6 Å². The van der Waals surface area contributed by atoms with Crippen LogP contribution in [0.2, 0.25) is 5.02 Å². The molecule has 0 bridgehead atoms. The molecule has 0 aliphatic rings. The van der Waals surface area contributed by atoms with Crippen LogP contribution in [0.15, 0.2) is 30.6 Å². The van der Waals surface area contributed by atoms with Crippen molar-refractivity contribution in [1.29, 1.82) is 0 Å². The molecule has 1 aromatic heterocycles. The van der Waals surface area contributed by atoms with Crippen LogP contribution in [0.4, 0.5) is 11.6 Å². The molecule has 6 heteroatoms. The molecule has 1 unspecified atom stereocenters. The average Bonchev–Trinajstić information content (AvgIpc) is 2.81. The monoisotopic (exact) mass is 391 g/mol. The molecule has 0 spiro atoms. The predicted octanol–water partition coefficient (Wildman–Crippen LogP) is 4.09. The van der Waals surface area contributed by atoms with Gasteiger partial charge in [0, 0.05) is 23.1 Å². The molecule has 0 fully saturated rings. The van der Waals surface area contributed by atoms with Gasteiger partial charge >= 0.3 is 0 Å². The van der Waals surface area contributed by atoms with Crippen LogP contribution in [0, 0.1) is 3.57 Å². The first-order chi connectivity index (χ1) is 9.11. The number of nitrogens with one attached hydrogen (secondary N) is 1. The summed E-state index contributed by atoms with van der Waals surface area (Å²) in [6.45, 7) is 2.71. The summed E-state index contributed by atoms with van der Waals surface area (Å²) in [5, 5.41) is 3.93. The number of nitrogens with zero attached hydrogens (tertiary/aromatic N) is 2. The van der Waals surface area contributed by atoms with Crippen molar-refractivity contribution in [2.75, 3.05) is 19.0 Å². The molecule has 102 valence electrons. The van der Waals surface area contributed by atoms with Crippen molar-refractivity contribution in [1.82, 2.24) is 9.55 Å². The van der Waals surface area contributed by atoms with E-state index >= 15 is 0 Å². The molecule has 1 atom stereocenters. The number of anilines is 2. The van der Waals surface area contributed by atoms with Crippen LogP contribution in [-0.2, 0) is 4.74 Å². The fraction of sp³-hybridized carbons (Fsp3) is 0.308. The van der Waals surface area contributed by atoms with Gasteiger partial charge in [0.25, 0.3) is 0 Å². The smallest absolute Gasteiger partial charge is 0.207 e. The quantitative estimate of drug-likeness (QED) is 0.780. The van der Waals surface area contributed by atoms with Crippen molar-refractivity contribution >= 4 is 45.8 Å². The minimum atomic E-state index is 0.206. The molecule has 1 N–H and O–H groups in total. The van der Waals surface area contributed by atoms with Crippen molar-refractivity contribution in [3.05, 3.63) is 39.2 Å². The molecule has 0 saturated carbocycles. The SMILES string of the molecule is COCC(C)n1ccnc1Nc1ccc(I)cc1Cl. The third-order valence-corrected chi connectivity index (χ3v) is 3.71. The summed E-state index contributed by atoms with van der Waals surface area (Å²) in [6.07, 6.45) is 3.68. The predicted molar refractivity (Wildman–Crippen MR) is 86.3 cm³/mol. The molecule has 0 radical (unpaired) electrons. The zero-order valence-electron chi connectivity index (χ0n) is 10.7. The van der Waals surface area contributed by atoms with Gasteiger partial charge in [0.05, 0.1) is 23.4 Å². The van der Waals surface area contributed by atoms with Gasteiger partial charge in [-0.15, -0.1) is 0 Å². The van der Waals surface area contributed by atoms with E-state index in [1.807, 2.05) is 29.0 Å². The first kappa shape index (κ1) is 14.6. The maximum absolute atomic E-state index is 6.21. The van der Waals surface area contributed by atoms with Crippen LogP contribution in [0.1, 0.15) is 13.0 Å². The summed E-state index contributed by atoms with van der Waals surface area (Å²) in [4.78, 5) is 4.31. The van der Waals surface area contributed by atoms with Gasteiger partial charge in [-0.05, 0) is 47.7 Å². The fourth-order valence-corrected chi connectivity index (χ4v) is 2.70. The molecular formula is C13H15ClIN3O. The highest BCUT2D eigenvalue weighted by Gasteiger charge is 2.11. The van der Waals surface area contributed by atoms with E-state index in [-0.39, 0.29) is 6.04 Å². The average molecular weight is 392 g/mol. The molecule has 19 heavy (non-hydrogen) atoms. The van der Waals surface area contributed by atoms with E-state index < -0.39 is 0 Å². The lowest BCUT2D eigenvalue weighted by Crippen LogP contribution is -2.12. The fourth-order valence-electron chi connectivity index (χ4n) is 1.80. The number of ether oxygens (including phenoxy) is 1. The lowest BCUT2D eigenvalue weighted by Gasteiger charge is -2.16. The van der Waals surface area contributed by atoms with Crippen molar-refractivity contribution in [2.45, 2.75) is 13.0 Å². The second kappa shape index (κ2) is 6.58. The molecule has 4 nitrogen and oxygen atoms in total. The third-order valence-electron chi connectivity index (χ3n) is 2.73. The van der Waals surface area contributed by atoms with Gasteiger partial charge in [-0.25, -0.2) is 4.98 Å². The normalized spacial score (nSPS) is 12.4. The van der Waals surface area contributed by atoms with Crippen molar-refractivity contribution in [2.24, 2.45) is 0 Å². The Hall–Kier alpha value is -0.790. The Morgan fingerprint density at radius 3 is 3.00 bits per heavy atom. The summed E-state index contributed by atoms with van der Waals surface area (Å²) >= 11 is 8.44. The summed E-state index contributed by atoms with van der Waals surface area (Å²) in [6, 6.07) is 6.07. The van der Waals surface area contributed by atoms with Crippen LogP contribution in [0.3, 0.4) is 0 Å². The van der Waals surface area contributed by atoms with E-state index in [2.05, 4.69) is 39.8 Å². The molecule has 0 saturated heterocycles. The molecule has 2 aromatic rings. The number of aromatic nitrogens is 2. The Balaban J connectivity index is 2.21. The van der Waals surface area contributed by atoms with Gasteiger partial charge in [0.1, 0.15) is 0 Å². The van der Waals surface area contributed by atoms with E-state index in [0.29, 0.717) is 11.6 Å². The highest BCUT2D eigenvalue weighted by molar-refractivity contribution is 14.1. The van der Waals surface area contributed by atoms with Crippen LogP contribution < -0.4 is 5.32 Å². The number of hydrogen-bond acceptors (Lipinski definition) is 3. The summed E-state index contributed by atoms with van der Waals surface area (Å²) in [5.74, 6) is 0.757. The van der Waals surface area contributed by atoms with E-state index in [4.69, 9.17) is 16.3 Å². The Bertz CT molecular complexity index is 559. The summed E-state index contributed by atoms with van der Waals surface area (Å²) in [5.41, 5.74) is 0.846. The first-order valence-corrected chi connectivity index (χ1v) is 7.31. The van der Waals surface area contributed by atoms with E-state index in [9.17, 15) is 0 Å². The maximum atomic E-state index is 6.21. The molecule has 1 heterocycles. The van der Waals surface area contributed by atoms with Gasteiger partial charge in [0.2, 0.25) is 5.95 Å².